The quantitative estimate of drug-likeness (QED) is 0.480. The van der Waals surface area contributed by atoms with E-state index in [-0.39, 0.29) is 28.6 Å². The molecule has 0 amide bonds. The summed E-state index contributed by atoms with van der Waals surface area (Å²) in [7, 11) is 1.48. The molecule has 0 aromatic rings. The second-order valence-corrected chi connectivity index (χ2v) is 3.66. The van der Waals surface area contributed by atoms with Crippen molar-refractivity contribution in [1.29, 1.82) is 0 Å². The Morgan fingerprint density at radius 3 is 2.89 bits per heavy atom. The molecule has 0 unspecified atom stereocenters. The molecular formula is C6H11LiOSi. The molecule has 0 fully saturated rings. The van der Waals surface area contributed by atoms with Crippen LogP contribution in [0.25, 0.3) is 0 Å². The number of rotatable bonds is 2. The van der Waals surface area contributed by atoms with E-state index in [9.17, 15) is 0 Å². The van der Waals surface area contributed by atoms with Crippen molar-refractivity contribution in [3.8, 4) is 0 Å². The van der Waals surface area contributed by atoms with Crippen LogP contribution in [0.2, 0.25) is 0 Å². The Morgan fingerprint density at radius 2 is 2.44 bits per heavy atom. The van der Waals surface area contributed by atoms with Gasteiger partial charge < -0.3 is 4.43 Å². The van der Waals surface area contributed by atoms with Gasteiger partial charge in [0.25, 0.3) is 0 Å². The Kier molecular flexibility index (Phi) is 5.22. The van der Waals surface area contributed by atoms with Gasteiger partial charge >= 0.3 is 18.9 Å². The predicted molar refractivity (Wildman–Crippen MR) is 44.5 cm³/mol. The molecule has 0 spiro atoms. The Bertz CT molecular complexity index is 131. The Labute approximate surface area is 70.3 Å². The van der Waals surface area contributed by atoms with Gasteiger partial charge in [-0.3, -0.25) is 0 Å². The third kappa shape index (κ3) is 3.07. The first-order valence-corrected chi connectivity index (χ1v) is 4.05. The van der Waals surface area contributed by atoms with Crippen molar-refractivity contribution in [1.82, 2.24) is 0 Å². The van der Waals surface area contributed by atoms with Gasteiger partial charge in [-0.15, -0.1) is 0 Å². The van der Waals surface area contributed by atoms with Gasteiger partial charge in [0.1, 0.15) is 0 Å². The summed E-state index contributed by atoms with van der Waals surface area (Å²) in [5, 5.41) is 1.51. The fraction of sp³-hybridized carbons (Fsp3) is 0.333. The summed E-state index contributed by atoms with van der Waals surface area (Å²) in [4.78, 5) is 0. The van der Waals surface area contributed by atoms with Gasteiger partial charge in [-0.1, -0.05) is 23.4 Å². The van der Waals surface area contributed by atoms with Crippen molar-refractivity contribution in [3.05, 3.63) is 23.4 Å². The summed E-state index contributed by atoms with van der Waals surface area (Å²) < 4.78 is 5.06. The molecule has 3 heteroatoms. The minimum atomic E-state index is -0.303. The maximum atomic E-state index is 5.06. The molecule has 9 heavy (non-hydrogen) atoms. The molecular weight excluding hydrogens is 123 g/mol. The Balaban J connectivity index is 0.000000640. The monoisotopic (exact) mass is 134 g/mol. The zero-order valence-electron chi connectivity index (χ0n) is 5.05. The summed E-state index contributed by atoms with van der Waals surface area (Å²) in [6.07, 6.45) is 7.57. The predicted octanol–water partition coefficient (Wildman–Crippen LogP) is -0.0881. The van der Waals surface area contributed by atoms with Crippen LogP contribution in [0.15, 0.2) is 23.4 Å². The first-order valence-electron chi connectivity index (χ1n) is 2.77. The molecule has 1 nitrogen and oxygen atoms in total. The minimum absolute atomic E-state index is 0. The van der Waals surface area contributed by atoms with Crippen LogP contribution in [-0.2, 0) is 4.43 Å². The second-order valence-electron chi connectivity index (χ2n) is 1.89. The average Bonchev–Trinajstić information content (AvgIpc) is 2.19. The molecule has 1 aliphatic rings. The molecule has 0 saturated carbocycles. The van der Waals surface area contributed by atoms with E-state index in [1.54, 1.807) is 7.11 Å². The molecule has 0 saturated heterocycles. The first kappa shape index (κ1) is 9.25. The molecule has 0 aromatic carbocycles. The molecule has 0 radical (unpaired) electrons. The summed E-state index contributed by atoms with van der Waals surface area (Å²) in [6.45, 7) is 0. The van der Waals surface area contributed by atoms with Gasteiger partial charge in [-0.05, 0) is 6.42 Å². The van der Waals surface area contributed by atoms with Crippen LogP contribution in [0.3, 0.4) is 0 Å². The van der Waals surface area contributed by atoms with Gasteiger partial charge in [-0.2, -0.15) is 0 Å². The van der Waals surface area contributed by atoms with Gasteiger partial charge in [0.05, 0.1) is 0 Å². The van der Waals surface area contributed by atoms with Gasteiger partial charge in [0, 0.05) is 7.11 Å². The van der Waals surface area contributed by atoms with E-state index in [1.165, 1.54) is 5.20 Å². The van der Waals surface area contributed by atoms with Crippen LogP contribution < -0.4 is 0 Å². The van der Waals surface area contributed by atoms with E-state index in [1.807, 2.05) is 0 Å². The molecule has 0 aliphatic heterocycles. The van der Waals surface area contributed by atoms with E-state index in [0.29, 0.717) is 0 Å². The van der Waals surface area contributed by atoms with Crippen LogP contribution in [0, 0.1) is 0 Å². The van der Waals surface area contributed by atoms with E-state index >= 15 is 0 Å². The van der Waals surface area contributed by atoms with Crippen molar-refractivity contribution < 1.29 is 4.43 Å². The van der Waals surface area contributed by atoms with E-state index in [2.05, 4.69) is 18.2 Å². The van der Waals surface area contributed by atoms with Crippen LogP contribution >= 0.6 is 0 Å². The molecule has 1 aliphatic carbocycles. The number of hydrogen-bond acceptors (Lipinski definition) is 1. The van der Waals surface area contributed by atoms with Crippen molar-refractivity contribution in [3.63, 3.8) is 0 Å². The second kappa shape index (κ2) is 5.07. The van der Waals surface area contributed by atoms with E-state index < -0.39 is 0 Å². The van der Waals surface area contributed by atoms with Crippen LogP contribution in [0.5, 0.6) is 0 Å². The first-order chi connectivity index (χ1) is 3.93. The van der Waals surface area contributed by atoms with Gasteiger partial charge in [-0.25, -0.2) is 0 Å². The molecule has 0 atom stereocenters. The summed E-state index contributed by atoms with van der Waals surface area (Å²) >= 11 is 0. The van der Waals surface area contributed by atoms with Gasteiger partial charge in [0.2, 0.25) is 0 Å². The average molecular weight is 134 g/mol. The fourth-order valence-electron chi connectivity index (χ4n) is 0.784. The normalized spacial score (nSPS) is 16.3. The zero-order valence-corrected chi connectivity index (χ0v) is 6.47. The Hall–Kier alpha value is 0.254. The maximum absolute atomic E-state index is 5.06. The summed E-state index contributed by atoms with van der Waals surface area (Å²) in [6, 6.07) is 0. The third-order valence-electron chi connectivity index (χ3n) is 1.18. The van der Waals surface area contributed by atoms with Crippen LogP contribution in [0.1, 0.15) is 6.42 Å². The zero-order chi connectivity index (χ0) is 5.82. The summed E-state index contributed by atoms with van der Waals surface area (Å²) in [5.41, 5.74) is 0. The van der Waals surface area contributed by atoms with E-state index in [0.717, 1.165) is 6.42 Å². The molecule has 0 aromatic heterocycles. The summed E-state index contributed by atoms with van der Waals surface area (Å²) in [5.74, 6) is 0. The number of hydrogen-bond donors (Lipinski definition) is 0. The molecule has 46 valence electrons. The number of allylic oxidation sites excluding steroid dienone is 4. The van der Waals surface area contributed by atoms with Crippen molar-refractivity contribution in [2.45, 2.75) is 6.42 Å². The fourth-order valence-corrected chi connectivity index (χ4v) is 1.67. The topological polar surface area (TPSA) is 9.23 Å². The van der Waals surface area contributed by atoms with Gasteiger partial charge in [0.15, 0.2) is 9.76 Å². The molecule has 0 heterocycles. The van der Waals surface area contributed by atoms with Crippen molar-refractivity contribution in [2.75, 3.05) is 7.11 Å². The Morgan fingerprint density at radius 1 is 1.67 bits per heavy atom. The van der Waals surface area contributed by atoms with Crippen LogP contribution in [0.4, 0.5) is 0 Å². The molecule has 0 bridgehead atoms. The standard InChI is InChI=1S/C6H10OSi.Li.H/c1-7-8-6-4-2-3-5-6;;/h2-4H,5,8H2,1H3;;. The molecule has 0 N–H and O–H groups in total. The van der Waals surface area contributed by atoms with Crippen molar-refractivity contribution in [2.24, 2.45) is 0 Å². The van der Waals surface area contributed by atoms with Crippen LogP contribution in [-0.4, -0.2) is 35.7 Å². The third-order valence-corrected chi connectivity index (χ3v) is 2.36. The SMILES string of the molecule is CO[SiH2]C1=CC=CC1.[LiH]. The van der Waals surface area contributed by atoms with E-state index in [4.69, 9.17) is 4.43 Å². The van der Waals surface area contributed by atoms with Crippen molar-refractivity contribution >= 4 is 28.6 Å². The molecule has 1 rings (SSSR count).